The van der Waals surface area contributed by atoms with Crippen LogP contribution in [0.25, 0.3) is 0 Å². The van der Waals surface area contributed by atoms with E-state index in [1.807, 2.05) is 6.07 Å². The van der Waals surface area contributed by atoms with Crippen LogP contribution in [0.15, 0.2) is 18.2 Å². The largest absolute Gasteiger partial charge is 0.304 e. The van der Waals surface area contributed by atoms with Crippen LogP contribution in [0.2, 0.25) is 0 Å². The van der Waals surface area contributed by atoms with Gasteiger partial charge in [-0.25, -0.2) is 10.3 Å². The first kappa shape index (κ1) is 9.62. The molecule has 0 saturated heterocycles. The molecular formula is C11H14FNO. The van der Waals surface area contributed by atoms with Crippen LogP contribution in [0, 0.1) is 12.7 Å². The lowest BCUT2D eigenvalue weighted by Crippen LogP contribution is -2.19. The van der Waals surface area contributed by atoms with Crippen molar-refractivity contribution in [1.29, 1.82) is 0 Å². The molecule has 0 heterocycles. The van der Waals surface area contributed by atoms with Gasteiger partial charge in [0.25, 0.3) is 0 Å². The minimum atomic E-state index is -0.147. The smallest absolute Gasteiger partial charge is 0.126 e. The zero-order valence-corrected chi connectivity index (χ0v) is 8.22. The van der Waals surface area contributed by atoms with Gasteiger partial charge in [-0.3, -0.25) is 0 Å². The Bertz CT molecular complexity index is 347. The number of hydrogen-bond donors (Lipinski definition) is 1. The number of benzene rings is 1. The molecule has 1 aromatic rings. The first-order valence-electron chi connectivity index (χ1n) is 4.77. The molecule has 0 spiro atoms. The Balaban J connectivity index is 2.37. The molecule has 1 aliphatic rings. The lowest BCUT2D eigenvalue weighted by Gasteiger charge is -2.16. The van der Waals surface area contributed by atoms with Crippen molar-refractivity contribution in [3.8, 4) is 0 Å². The summed E-state index contributed by atoms with van der Waals surface area (Å²) >= 11 is 0. The van der Waals surface area contributed by atoms with Gasteiger partial charge in [-0.05, 0) is 37.0 Å². The minimum Gasteiger partial charge on any atom is -0.304 e. The molecule has 1 aromatic carbocycles. The Morgan fingerprint density at radius 1 is 1.50 bits per heavy atom. The standard InChI is InChI=1S/C11H14FNO/c1-8-9(3-2-4-10(8)12)11(5-6-11)7-14-13/h2-4H,5-7,13H2,1H3. The number of rotatable bonds is 3. The lowest BCUT2D eigenvalue weighted by atomic mass is 9.92. The van der Waals surface area contributed by atoms with Crippen LogP contribution in [0.4, 0.5) is 4.39 Å². The van der Waals surface area contributed by atoms with Crippen LogP contribution in [0.1, 0.15) is 24.0 Å². The Kier molecular flexibility index (Phi) is 2.29. The highest BCUT2D eigenvalue weighted by Gasteiger charge is 2.45. The molecule has 0 aliphatic heterocycles. The van der Waals surface area contributed by atoms with E-state index in [4.69, 9.17) is 10.7 Å². The minimum absolute atomic E-state index is 0.0130. The molecular weight excluding hydrogens is 181 g/mol. The van der Waals surface area contributed by atoms with Gasteiger partial charge in [-0.1, -0.05) is 12.1 Å². The number of halogens is 1. The second-order valence-electron chi connectivity index (χ2n) is 4.00. The molecule has 2 N–H and O–H groups in total. The van der Waals surface area contributed by atoms with Crippen molar-refractivity contribution in [2.45, 2.75) is 25.2 Å². The second kappa shape index (κ2) is 3.33. The van der Waals surface area contributed by atoms with Crippen molar-refractivity contribution in [3.63, 3.8) is 0 Å². The highest BCUT2D eigenvalue weighted by molar-refractivity contribution is 5.38. The molecule has 0 atom stereocenters. The van der Waals surface area contributed by atoms with Gasteiger partial charge in [0.15, 0.2) is 0 Å². The third-order valence-electron chi connectivity index (χ3n) is 3.05. The zero-order valence-electron chi connectivity index (χ0n) is 8.22. The summed E-state index contributed by atoms with van der Waals surface area (Å²) in [5, 5.41) is 0. The summed E-state index contributed by atoms with van der Waals surface area (Å²) in [5.41, 5.74) is 1.76. The van der Waals surface area contributed by atoms with E-state index in [2.05, 4.69) is 0 Å². The molecule has 0 unspecified atom stereocenters. The fourth-order valence-electron chi connectivity index (χ4n) is 1.98. The highest BCUT2D eigenvalue weighted by atomic mass is 19.1. The zero-order chi connectivity index (χ0) is 10.2. The van der Waals surface area contributed by atoms with Gasteiger partial charge in [0.2, 0.25) is 0 Å². The average molecular weight is 195 g/mol. The Labute approximate surface area is 82.8 Å². The summed E-state index contributed by atoms with van der Waals surface area (Å²) in [6.07, 6.45) is 2.07. The van der Waals surface area contributed by atoms with Gasteiger partial charge in [-0.2, -0.15) is 0 Å². The normalized spacial score (nSPS) is 18.2. The summed E-state index contributed by atoms with van der Waals surface area (Å²) in [4.78, 5) is 4.70. The van der Waals surface area contributed by atoms with E-state index in [1.54, 1.807) is 13.0 Å². The fraction of sp³-hybridized carbons (Fsp3) is 0.455. The van der Waals surface area contributed by atoms with Crippen molar-refractivity contribution in [2.75, 3.05) is 6.61 Å². The van der Waals surface area contributed by atoms with E-state index in [1.165, 1.54) is 6.07 Å². The van der Waals surface area contributed by atoms with Crippen molar-refractivity contribution in [1.82, 2.24) is 0 Å². The molecule has 0 aromatic heterocycles. The molecule has 76 valence electrons. The molecule has 2 nitrogen and oxygen atoms in total. The summed E-state index contributed by atoms with van der Waals surface area (Å²) in [5.74, 6) is 4.94. The molecule has 0 radical (unpaired) electrons. The van der Waals surface area contributed by atoms with Crippen LogP contribution >= 0.6 is 0 Å². The Morgan fingerprint density at radius 2 is 2.21 bits per heavy atom. The molecule has 1 saturated carbocycles. The van der Waals surface area contributed by atoms with E-state index in [0.717, 1.165) is 24.0 Å². The van der Waals surface area contributed by atoms with Crippen LogP contribution in [0.3, 0.4) is 0 Å². The first-order chi connectivity index (χ1) is 6.69. The van der Waals surface area contributed by atoms with Gasteiger partial charge in [-0.15, -0.1) is 0 Å². The fourth-order valence-corrected chi connectivity index (χ4v) is 1.98. The monoisotopic (exact) mass is 195 g/mol. The van der Waals surface area contributed by atoms with Gasteiger partial charge < -0.3 is 4.84 Å². The van der Waals surface area contributed by atoms with E-state index in [9.17, 15) is 4.39 Å². The number of hydrogen-bond acceptors (Lipinski definition) is 2. The topological polar surface area (TPSA) is 35.2 Å². The molecule has 3 heteroatoms. The maximum atomic E-state index is 13.3. The van der Waals surface area contributed by atoms with Crippen molar-refractivity contribution in [2.24, 2.45) is 5.90 Å². The lowest BCUT2D eigenvalue weighted by molar-refractivity contribution is 0.116. The van der Waals surface area contributed by atoms with Crippen LogP contribution < -0.4 is 5.90 Å². The molecule has 0 amide bonds. The summed E-state index contributed by atoms with van der Waals surface area (Å²) < 4.78 is 13.3. The third-order valence-corrected chi connectivity index (χ3v) is 3.05. The molecule has 1 fully saturated rings. The maximum Gasteiger partial charge on any atom is 0.126 e. The summed E-state index contributed by atoms with van der Waals surface area (Å²) in [6.45, 7) is 2.29. The molecule has 2 rings (SSSR count). The van der Waals surface area contributed by atoms with Crippen molar-refractivity contribution >= 4 is 0 Å². The highest BCUT2D eigenvalue weighted by Crippen LogP contribution is 2.49. The van der Waals surface area contributed by atoms with Crippen molar-refractivity contribution in [3.05, 3.63) is 35.1 Å². The SMILES string of the molecule is Cc1c(F)cccc1C1(CON)CC1. The molecule has 1 aliphatic carbocycles. The van der Waals surface area contributed by atoms with Crippen molar-refractivity contribution < 1.29 is 9.23 Å². The van der Waals surface area contributed by atoms with Crippen LogP contribution in [-0.2, 0) is 10.3 Å². The Morgan fingerprint density at radius 3 is 2.79 bits per heavy atom. The quantitative estimate of drug-likeness (QED) is 0.749. The van der Waals surface area contributed by atoms with Gasteiger partial charge in [0.1, 0.15) is 5.82 Å². The van der Waals surface area contributed by atoms with E-state index in [-0.39, 0.29) is 11.2 Å². The van der Waals surface area contributed by atoms with Crippen LogP contribution in [-0.4, -0.2) is 6.61 Å². The van der Waals surface area contributed by atoms with Gasteiger partial charge >= 0.3 is 0 Å². The molecule has 14 heavy (non-hydrogen) atoms. The van der Waals surface area contributed by atoms with E-state index in [0.29, 0.717) is 6.61 Å². The predicted molar refractivity (Wildman–Crippen MR) is 52.2 cm³/mol. The Hall–Kier alpha value is -0.930. The van der Waals surface area contributed by atoms with Gasteiger partial charge in [0.05, 0.1) is 6.61 Å². The first-order valence-corrected chi connectivity index (χ1v) is 4.77. The number of nitrogens with two attached hydrogens (primary N) is 1. The van der Waals surface area contributed by atoms with Crippen LogP contribution in [0.5, 0.6) is 0 Å². The van der Waals surface area contributed by atoms with E-state index >= 15 is 0 Å². The average Bonchev–Trinajstić information content (AvgIpc) is 2.91. The van der Waals surface area contributed by atoms with Gasteiger partial charge in [0, 0.05) is 5.41 Å². The van der Waals surface area contributed by atoms with E-state index < -0.39 is 0 Å². The molecule has 0 bridgehead atoms. The predicted octanol–water partition coefficient (Wildman–Crippen LogP) is 2.06. The summed E-state index contributed by atoms with van der Waals surface area (Å²) in [6, 6.07) is 5.19. The second-order valence-corrected chi connectivity index (χ2v) is 4.00. The third kappa shape index (κ3) is 1.42. The maximum absolute atomic E-state index is 13.3. The summed E-state index contributed by atoms with van der Waals surface area (Å²) in [7, 11) is 0.